The number of aromatic nitrogens is 2. The van der Waals surface area contributed by atoms with Gasteiger partial charge in [0.1, 0.15) is 17.4 Å². The molecule has 0 spiro atoms. The summed E-state index contributed by atoms with van der Waals surface area (Å²) < 4.78 is 19.6. The lowest BCUT2D eigenvalue weighted by Crippen LogP contribution is -2.43. The predicted molar refractivity (Wildman–Crippen MR) is 83.6 cm³/mol. The van der Waals surface area contributed by atoms with E-state index in [0.717, 1.165) is 19.4 Å². The predicted octanol–water partition coefficient (Wildman–Crippen LogP) is 3.42. The van der Waals surface area contributed by atoms with Crippen LogP contribution in [0.2, 0.25) is 0 Å². The van der Waals surface area contributed by atoms with Crippen molar-refractivity contribution >= 4 is 5.69 Å². The lowest BCUT2D eigenvalue weighted by Gasteiger charge is -2.40. The van der Waals surface area contributed by atoms with Crippen LogP contribution in [-0.2, 0) is 6.42 Å². The van der Waals surface area contributed by atoms with Crippen LogP contribution in [0.5, 0.6) is 0 Å². The smallest absolute Gasteiger partial charge is 0.221 e. The molecule has 1 aliphatic rings. The van der Waals surface area contributed by atoms with E-state index in [4.69, 9.17) is 4.42 Å². The molecule has 2 atom stereocenters. The molecular formula is C17H19FN4O. The van der Waals surface area contributed by atoms with Crippen LogP contribution in [0.25, 0.3) is 0 Å². The molecule has 1 aliphatic heterocycles. The molecule has 23 heavy (non-hydrogen) atoms. The number of hydrogen-bond donors (Lipinski definition) is 0. The van der Waals surface area contributed by atoms with E-state index < -0.39 is 5.82 Å². The summed E-state index contributed by atoms with van der Waals surface area (Å²) in [6, 6.07) is 6.80. The highest BCUT2D eigenvalue weighted by Gasteiger charge is 2.34. The van der Waals surface area contributed by atoms with Crippen molar-refractivity contribution in [1.82, 2.24) is 10.2 Å². The van der Waals surface area contributed by atoms with Crippen molar-refractivity contribution in [3.05, 3.63) is 41.4 Å². The Morgan fingerprint density at radius 3 is 2.96 bits per heavy atom. The third-order valence-electron chi connectivity index (χ3n) is 4.50. The summed E-state index contributed by atoms with van der Waals surface area (Å²) in [5, 5.41) is 17.5. The quantitative estimate of drug-likeness (QED) is 0.868. The van der Waals surface area contributed by atoms with Crippen LogP contribution in [0.3, 0.4) is 0 Å². The van der Waals surface area contributed by atoms with E-state index in [0.29, 0.717) is 23.9 Å². The molecule has 5 nitrogen and oxygen atoms in total. The van der Waals surface area contributed by atoms with Gasteiger partial charge in [0.25, 0.3) is 0 Å². The zero-order chi connectivity index (χ0) is 16.4. The monoisotopic (exact) mass is 314 g/mol. The normalized spacial score (nSPS) is 21.2. The molecule has 1 saturated heterocycles. The van der Waals surface area contributed by atoms with Gasteiger partial charge in [-0.25, -0.2) is 4.39 Å². The van der Waals surface area contributed by atoms with Crippen LogP contribution in [0, 0.1) is 17.1 Å². The summed E-state index contributed by atoms with van der Waals surface area (Å²) in [7, 11) is 0. The molecule has 2 aromatic rings. The molecule has 2 heterocycles. The minimum Gasteiger partial charge on any atom is -0.425 e. The lowest BCUT2D eigenvalue weighted by atomic mass is 9.89. The Balaban J connectivity index is 1.93. The molecule has 0 saturated carbocycles. The molecule has 1 aromatic carbocycles. The van der Waals surface area contributed by atoms with Crippen LogP contribution in [0.15, 0.2) is 22.6 Å². The Kier molecular flexibility index (Phi) is 4.28. The highest BCUT2D eigenvalue weighted by Crippen LogP contribution is 2.36. The van der Waals surface area contributed by atoms with E-state index in [1.165, 1.54) is 6.07 Å². The van der Waals surface area contributed by atoms with Crippen molar-refractivity contribution < 1.29 is 8.81 Å². The summed E-state index contributed by atoms with van der Waals surface area (Å²) in [5.41, 5.74) is 0.736. The molecule has 0 aliphatic carbocycles. The van der Waals surface area contributed by atoms with E-state index in [1.54, 1.807) is 12.1 Å². The maximum Gasteiger partial charge on any atom is 0.221 e. The average Bonchev–Trinajstić information content (AvgIpc) is 3.04. The van der Waals surface area contributed by atoms with Crippen molar-refractivity contribution in [2.45, 2.75) is 45.1 Å². The van der Waals surface area contributed by atoms with E-state index in [2.05, 4.69) is 22.0 Å². The number of hydrogen-bond acceptors (Lipinski definition) is 5. The summed E-state index contributed by atoms with van der Waals surface area (Å²) in [5.74, 6) is 0.874. The number of anilines is 1. The number of nitriles is 1. The third kappa shape index (κ3) is 2.79. The Labute approximate surface area is 134 Å². The fourth-order valence-electron chi connectivity index (χ4n) is 3.24. The van der Waals surface area contributed by atoms with Gasteiger partial charge in [-0.2, -0.15) is 5.26 Å². The molecule has 3 rings (SSSR count). The third-order valence-corrected chi connectivity index (χ3v) is 4.50. The number of rotatable bonds is 3. The van der Waals surface area contributed by atoms with Gasteiger partial charge in [-0.15, -0.1) is 10.2 Å². The van der Waals surface area contributed by atoms with Crippen LogP contribution in [0.4, 0.5) is 10.1 Å². The van der Waals surface area contributed by atoms with Crippen LogP contribution < -0.4 is 4.90 Å². The maximum absolute atomic E-state index is 13.9. The Morgan fingerprint density at radius 2 is 2.26 bits per heavy atom. The standard InChI is InChI=1S/C17H19FN4O/c1-3-16-20-21-17(23-16)12-6-5-9-22(11(12)2)15-8-4-7-14(18)13(15)10-19/h4,7-8,11-12H,3,5-6,9H2,1-2H3/t11-,12-/m0/s1. The highest BCUT2D eigenvalue weighted by atomic mass is 19.1. The number of halogens is 1. The van der Waals surface area contributed by atoms with E-state index in [1.807, 2.05) is 13.0 Å². The molecule has 0 radical (unpaired) electrons. The molecule has 0 amide bonds. The Hall–Kier alpha value is -2.42. The molecule has 6 heteroatoms. The van der Waals surface area contributed by atoms with Crippen molar-refractivity contribution in [3.8, 4) is 6.07 Å². The largest absolute Gasteiger partial charge is 0.425 e. The molecule has 120 valence electrons. The fraction of sp³-hybridized carbons (Fsp3) is 0.471. The van der Waals surface area contributed by atoms with Gasteiger partial charge in [-0.3, -0.25) is 0 Å². The molecule has 1 aromatic heterocycles. The molecule has 0 N–H and O–H groups in total. The first-order valence-corrected chi connectivity index (χ1v) is 7.93. The summed E-state index contributed by atoms with van der Waals surface area (Å²) in [4.78, 5) is 2.08. The summed E-state index contributed by atoms with van der Waals surface area (Å²) >= 11 is 0. The van der Waals surface area contributed by atoms with Gasteiger partial charge in [0, 0.05) is 19.0 Å². The SMILES string of the molecule is CCc1nnc([C@H]2CCCN(c3cccc(F)c3C#N)[C@H]2C)o1. The van der Waals surface area contributed by atoms with Crippen LogP contribution in [-0.4, -0.2) is 22.8 Å². The zero-order valence-electron chi connectivity index (χ0n) is 13.3. The first-order chi connectivity index (χ1) is 11.2. The van der Waals surface area contributed by atoms with E-state index >= 15 is 0 Å². The average molecular weight is 314 g/mol. The van der Waals surface area contributed by atoms with Gasteiger partial charge in [-0.05, 0) is 31.9 Å². The van der Waals surface area contributed by atoms with Crippen molar-refractivity contribution in [3.63, 3.8) is 0 Å². The van der Waals surface area contributed by atoms with Crippen LogP contribution in [0.1, 0.15) is 50.0 Å². The number of aryl methyl sites for hydroxylation is 1. The van der Waals surface area contributed by atoms with E-state index in [9.17, 15) is 9.65 Å². The Morgan fingerprint density at radius 1 is 1.43 bits per heavy atom. The van der Waals surface area contributed by atoms with Gasteiger partial charge >= 0.3 is 0 Å². The highest BCUT2D eigenvalue weighted by molar-refractivity contribution is 5.61. The van der Waals surface area contributed by atoms with Crippen molar-refractivity contribution in [2.75, 3.05) is 11.4 Å². The topological polar surface area (TPSA) is 66.0 Å². The summed E-state index contributed by atoms with van der Waals surface area (Å²) in [6.45, 7) is 4.82. The Bertz CT molecular complexity index is 736. The number of benzene rings is 1. The van der Waals surface area contributed by atoms with Crippen molar-refractivity contribution in [2.24, 2.45) is 0 Å². The molecule has 0 bridgehead atoms. The first kappa shape index (κ1) is 15.5. The fourth-order valence-corrected chi connectivity index (χ4v) is 3.24. The minimum atomic E-state index is -0.481. The van der Waals surface area contributed by atoms with Gasteiger partial charge < -0.3 is 9.32 Å². The maximum atomic E-state index is 13.9. The molecule has 1 fully saturated rings. The number of nitrogens with zero attached hydrogens (tertiary/aromatic N) is 4. The van der Waals surface area contributed by atoms with Crippen molar-refractivity contribution in [1.29, 1.82) is 5.26 Å². The van der Waals surface area contributed by atoms with E-state index in [-0.39, 0.29) is 17.5 Å². The second kappa shape index (κ2) is 6.37. The first-order valence-electron chi connectivity index (χ1n) is 7.93. The zero-order valence-corrected chi connectivity index (χ0v) is 13.3. The van der Waals surface area contributed by atoms with Gasteiger partial charge in [0.2, 0.25) is 11.8 Å². The van der Waals surface area contributed by atoms with Crippen LogP contribution >= 0.6 is 0 Å². The minimum absolute atomic E-state index is 0.0582. The summed E-state index contributed by atoms with van der Waals surface area (Å²) in [6.07, 6.45) is 2.58. The molecule has 0 unspecified atom stereocenters. The second-order valence-electron chi connectivity index (χ2n) is 5.82. The number of piperidine rings is 1. The molecular weight excluding hydrogens is 295 g/mol. The van der Waals surface area contributed by atoms with Gasteiger partial charge in [-0.1, -0.05) is 13.0 Å². The van der Waals surface area contributed by atoms with Gasteiger partial charge in [0.15, 0.2) is 0 Å². The second-order valence-corrected chi connectivity index (χ2v) is 5.82. The lowest BCUT2D eigenvalue weighted by molar-refractivity contribution is 0.339. The van der Waals surface area contributed by atoms with Gasteiger partial charge in [0.05, 0.1) is 11.6 Å².